The van der Waals surface area contributed by atoms with Gasteiger partial charge in [-0.3, -0.25) is 10.1 Å². The number of halogens is 2. The Morgan fingerprint density at radius 3 is 2.68 bits per heavy atom. The molecule has 8 heteroatoms. The number of thiophene rings is 1. The van der Waals surface area contributed by atoms with Gasteiger partial charge in [0.25, 0.3) is 5.91 Å². The Labute approximate surface area is 147 Å². The molecule has 0 fully saturated rings. The molecule has 22 heavy (non-hydrogen) atoms. The van der Waals surface area contributed by atoms with Gasteiger partial charge in [0.2, 0.25) is 5.95 Å². The molecule has 112 valence electrons. The van der Waals surface area contributed by atoms with Crippen LogP contribution in [0.5, 0.6) is 0 Å². The number of carbonyl (C=O) groups is 1. The van der Waals surface area contributed by atoms with Crippen molar-refractivity contribution >= 4 is 55.1 Å². The summed E-state index contributed by atoms with van der Waals surface area (Å²) in [5, 5.41) is 8.80. The average molecular weight is 442 g/mol. The van der Waals surface area contributed by atoms with Crippen molar-refractivity contribution in [1.29, 1.82) is 0 Å². The van der Waals surface area contributed by atoms with Gasteiger partial charge in [-0.05, 0) is 45.1 Å². The first kappa shape index (κ1) is 15.4. The SMILES string of the molecule is O=C(Nc1ncn(Cc2ccc(Br)cc2)n1)c1sccc1Br. The molecule has 5 nitrogen and oxygen atoms in total. The van der Waals surface area contributed by atoms with E-state index in [0.29, 0.717) is 17.4 Å². The van der Waals surface area contributed by atoms with Crippen molar-refractivity contribution in [2.45, 2.75) is 6.54 Å². The van der Waals surface area contributed by atoms with E-state index < -0.39 is 0 Å². The first-order valence-corrected chi connectivity index (χ1v) is 8.76. The van der Waals surface area contributed by atoms with E-state index in [-0.39, 0.29) is 5.91 Å². The molecular weight excluding hydrogens is 432 g/mol. The fraction of sp³-hybridized carbons (Fsp3) is 0.0714. The van der Waals surface area contributed by atoms with E-state index in [0.717, 1.165) is 14.5 Å². The van der Waals surface area contributed by atoms with Gasteiger partial charge in [0.15, 0.2) is 0 Å². The molecule has 0 saturated heterocycles. The van der Waals surface area contributed by atoms with Crippen LogP contribution in [0.1, 0.15) is 15.2 Å². The van der Waals surface area contributed by atoms with E-state index in [4.69, 9.17) is 0 Å². The van der Waals surface area contributed by atoms with Crippen LogP contribution in [0.3, 0.4) is 0 Å². The average Bonchev–Trinajstić information content (AvgIpc) is 3.10. The predicted octanol–water partition coefficient (Wildman–Crippen LogP) is 4.17. The highest BCUT2D eigenvalue weighted by Crippen LogP contribution is 2.23. The Bertz CT molecular complexity index is 797. The minimum atomic E-state index is -0.219. The topological polar surface area (TPSA) is 59.8 Å². The number of hydrogen-bond donors (Lipinski definition) is 1. The molecule has 0 bridgehead atoms. The molecule has 0 unspecified atom stereocenters. The summed E-state index contributed by atoms with van der Waals surface area (Å²) in [7, 11) is 0. The fourth-order valence-electron chi connectivity index (χ4n) is 1.82. The number of hydrogen-bond acceptors (Lipinski definition) is 4. The van der Waals surface area contributed by atoms with Gasteiger partial charge in [-0.15, -0.1) is 16.4 Å². The summed E-state index contributed by atoms with van der Waals surface area (Å²) in [5.41, 5.74) is 1.10. The van der Waals surface area contributed by atoms with Gasteiger partial charge < -0.3 is 0 Å². The van der Waals surface area contributed by atoms with Crippen molar-refractivity contribution in [1.82, 2.24) is 14.8 Å². The van der Waals surface area contributed by atoms with Crippen LogP contribution >= 0.6 is 43.2 Å². The van der Waals surface area contributed by atoms with E-state index in [9.17, 15) is 4.79 Å². The van der Waals surface area contributed by atoms with Crippen LogP contribution in [-0.4, -0.2) is 20.7 Å². The molecule has 0 aliphatic rings. The van der Waals surface area contributed by atoms with Gasteiger partial charge in [-0.1, -0.05) is 28.1 Å². The van der Waals surface area contributed by atoms with Crippen molar-refractivity contribution in [3.05, 3.63) is 61.4 Å². The Morgan fingerprint density at radius 2 is 2.00 bits per heavy atom. The maximum absolute atomic E-state index is 12.1. The molecule has 0 aliphatic carbocycles. The lowest BCUT2D eigenvalue weighted by Gasteiger charge is -2.01. The number of rotatable bonds is 4. The van der Waals surface area contributed by atoms with Crippen LogP contribution < -0.4 is 5.32 Å². The lowest BCUT2D eigenvalue weighted by atomic mass is 10.2. The molecule has 0 atom stereocenters. The van der Waals surface area contributed by atoms with Crippen molar-refractivity contribution in [2.24, 2.45) is 0 Å². The lowest BCUT2D eigenvalue weighted by Crippen LogP contribution is -2.12. The van der Waals surface area contributed by atoms with Crippen LogP contribution in [-0.2, 0) is 6.54 Å². The van der Waals surface area contributed by atoms with E-state index in [2.05, 4.69) is 47.3 Å². The molecule has 1 aromatic carbocycles. The van der Waals surface area contributed by atoms with E-state index in [1.165, 1.54) is 11.3 Å². The maximum atomic E-state index is 12.1. The second-order valence-electron chi connectivity index (χ2n) is 4.44. The number of anilines is 1. The smallest absolute Gasteiger partial charge is 0.269 e. The number of nitrogens with zero attached hydrogens (tertiary/aromatic N) is 3. The van der Waals surface area contributed by atoms with Crippen LogP contribution in [0.25, 0.3) is 0 Å². The molecular formula is C14H10Br2N4OS. The summed E-state index contributed by atoms with van der Waals surface area (Å²) in [4.78, 5) is 16.8. The molecule has 0 saturated carbocycles. The van der Waals surface area contributed by atoms with Crippen molar-refractivity contribution in [3.8, 4) is 0 Å². The second-order valence-corrected chi connectivity index (χ2v) is 7.13. The minimum Gasteiger partial charge on any atom is -0.288 e. The Kier molecular flexibility index (Phi) is 4.70. The van der Waals surface area contributed by atoms with E-state index in [1.54, 1.807) is 11.0 Å². The Balaban J connectivity index is 1.67. The van der Waals surface area contributed by atoms with Crippen LogP contribution in [0.2, 0.25) is 0 Å². The molecule has 2 aromatic heterocycles. The minimum absolute atomic E-state index is 0.219. The zero-order chi connectivity index (χ0) is 15.5. The quantitative estimate of drug-likeness (QED) is 0.661. The number of nitrogens with one attached hydrogen (secondary N) is 1. The summed E-state index contributed by atoms with van der Waals surface area (Å²) in [6.07, 6.45) is 1.60. The molecule has 3 rings (SSSR count). The largest absolute Gasteiger partial charge is 0.288 e. The summed E-state index contributed by atoms with van der Waals surface area (Å²) in [6, 6.07) is 9.80. The van der Waals surface area contributed by atoms with Gasteiger partial charge in [0, 0.05) is 8.95 Å². The Morgan fingerprint density at radius 1 is 1.23 bits per heavy atom. The molecule has 1 N–H and O–H groups in total. The highest BCUT2D eigenvalue weighted by atomic mass is 79.9. The third-order valence-electron chi connectivity index (χ3n) is 2.84. The van der Waals surface area contributed by atoms with Crippen molar-refractivity contribution in [3.63, 3.8) is 0 Å². The third-order valence-corrected chi connectivity index (χ3v) is 5.21. The number of benzene rings is 1. The Hall–Kier alpha value is -1.51. The molecule has 1 amide bonds. The molecule has 0 radical (unpaired) electrons. The van der Waals surface area contributed by atoms with Gasteiger partial charge in [-0.2, -0.15) is 0 Å². The highest BCUT2D eigenvalue weighted by Gasteiger charge is 2.13. The molecule has 3 aromatic rings. The number of amides is 1. The number of carbonyl (C=O) groups excluding carboxylic acids is 1. The van der Waals surface area contributed by atoms with Crippen molar-refractivity contribution in [2.75, 3.05) is 5.32 Å². The monoisotopic (exact) mass is 440 g/mol. The van der Waals surface area contributed by atoms with Crippen LogP contribution in [0.4, 0.5) is 5.95 Å². The zero-order valence-electron chi connectivity index (χ0n) is 11.2. The standard InChI is InChI=1S/C14H10Br2N4OS/c15-10-3-1-9(2-4-10)7-20-8-17-14(19-20)18-13(21)12-11(16)5-6-22-12/h1-6,8H,7H2,(H,18,19,21). The maximum Gasteiger partial charge on any atom is 0.269 e. The van der Waals surface area contributed by atoms with Crippen LogP contribution in [0.15, 0.2) is 51.0 Å². The summed E-state index contributed by atoms with van der Waals surface area (Å²) in [5.74, 6) is 0.0747. The summed E-state index contributed by atoms with van der Waals surface area (Å²) >= 11 is 8.10. The van der Waals surface area contributed by atoms with Gasteiger partial charge in [0.1, 0.15) is 11.2 Å². The van der Waals surface area contributed by atoms with Gasteiger partial charge >= 0.3 is 0 Å². The van der Waals surface area contributed by atoms with Gasteiger partial charge in [0.05, 0.1) is 6.54 Å². The van der Waals surface area contributed by atoms with Crippen LogP contribution in [0, 0.1) is 0 Å². The first-order chi connectivity index (χ1) is 10.6. The first-order valence-electron chi connectivity index (χ1n) is 6.30. The predicted molar refractivity (Wildman–Crippen MR) is 93.2 cm³/mol. The summed E-state index contributed by atoms with van der Waals surface area (Å²) in [6.45, 7) is 0.596. The molecule has 0 aliphatic heterocycles. The second kappa shape index (κ2) is 6.72. The lowest BCUT2D eigenvalue weighted by molar-refractivity contribution is 0.102. The van der Waals surface area contributed by atoms with Crippen molar-refractivity contribution < 1.29 is 4.79 Å². The third kappa shape index (κ3) is 3.63. The van der Waals surface area contributed by atoms with E-state index in [1.807, 2.05) is 35.7 Å². The molecule has 0 spiro atoms. The number of aromatic nitrogens is 3. The summed E-state index contributed by atoms with van der Waals surface area (Å²) < 4.78 is 3.48. The highest BCUT2D eigenvalue weighted by molar-refractivity contribution is 9.10. The molecule has 2 heterocycles. The zero-order valence-corrected chi connectivity index (χ0v) is 15.2. The van der Waals surface area contributed by atoms with Gasteiger partial charge in [-0.25, -0.2) is 9.67 Å². The fourth-order valence-corrected chi connectivity index (χ4v) is 3.53. The normalized spacial score (nSPS) is 10.6. The van der Waals surface area contributed by atoms with E-state index >= 15 is 0 Å².